The van der Waals surface area contributed by atoms with Crippen LogP contribution in [0.2, 0.25) is 0 Å². The Bertz CT molecular complexity index is 1020. The van der Waals surface area contributed by atoms with Crippen LogP contribution in [0.3, 0.4) is 0 Å². The fourth-order valence-corrected chi connectivity index (χ4v) is 4.06. The lowest BCUT2D eigenvalue weighted by Crippen LogP contribution is -2.41. The molecule has 158 valence electrons. The summed E-state index contributed by atoms with van der Waals surface area (Å²) < 4.78 is 17.3. The Morgan fingerprint density at radius 2 is 1.93 bits per heavy atom. The van der Waals surface area contributed by atoms with E-state index in [0.717, 1.165) is 30.3 Å². The molecule has 1 aromatic carbocycles. The van der Waals surface area contributed by atoms with Gasteiger partial charge in [-0.3, -0.25) is 18.7 Å². The first kappa shape index (κ1) is 21.1. The number of carboxylic acids is 1. The Hall–Kier alpha value is -2.64. The van der Waals surface area contributed by atoms with Gasteiger partial charge in [-0.25, -0.2) is 9.18 Å². The van der Waals surface area contributed by atoms with Crippen molar-refractivity contribution < 1.29 is 14.3 Å². The van der Waals surface area contributed by atoms with E-state index in [9.17, 15) is 18.8 Å². The summed E-state index contributed by atoms with van der Waals surface area (Å²) in [4.78, 5) is 36.6. The van der Waals surface area contributed by atoms with Crippen LogP contribution in [0.1, 0.15) is 64.8 Å². The molecule has 3 rings (SSSR count). The average Bonchev–Trinajstić information content (AvgIpc) is 2.66. The second-order valence-corrected chi connectivity index (χ2v) is 8.03. The SMILES string of the molecule is CC(C)n1c(=O)n(CCCC(=O)O)c(=O)c2cc(F)c(NC3CCCCC3)cc21. The Morgan fingerprint density at radius 3 is 2.55 bits per heavy atom. The molecule has 0 unspecified atom stereocenters. The van der Waals surface area contributed by atoms with E-state index in [-0.39, 0.29) is 36.9 Å². The lowest BCUT2D eigenvalue weighted by Gasteiger charge is -2.25. The van der Waals surface area contributed by atoms with E-state index >= 15 is 0 Å². The summed E-state index contributed by atoms with van der Waals surface area (Å²) in [6, 6.07) is 2.69. The van der Waals surface area contributed by atoms with Crippen molar-refractivity contribution in [2.75, 3.05) is 5.32 Å². The minimum Gasteiger partial charge on any atom is -0.481 e. The maximum absolute atomic E-state index is 14.8. The number of benzene rings is 1. The largest absolute Gasteiger partial charge is 0.481 e. The van der Waals surface area contributed by atoms with Gasteiger partial charge in [-0.1, -0.05) is 19.3 Å². The average molecular weight is 405 g/mol. The zero-order valence-corrected chi connectivity index (χ0v) is 16.9. The number of aliphatic carboxylic acids is 1. The first-order valence-electron chi connectivity index (χ1n) is 10.3. The summed E-state index contributed by atoms with van der Waals surface area (Å²) in [6.07, 6.45) is 5.34. The monoisotopic (exact) mass is 405 g/mol. The van der Waals surface area contributed by atoms with E-state index in [1.807, 2.05) is 13.8 Å². The molecule has 1 aliphatic rings. The van der Waals surface area contributed by atoms with Gasteiger partial charge in [0.05, 0.1) is 16.6 Å². The quantitative estimate of drug-likeness (QED) is 0.735. The first-order chi connectivity index (χ1) is 13.8. The number of aromatic nitrogens is 2. The lowest BCUT2D eigenvalue weighted by atomic mass is 9.95. The van der Waals surface area contributed by atoms with E-state index in [0.29, 0.717) is 11.2 Å². The summed E-state index contributed by atoms with van der Waals surface area (Å²) in [5.74, 6) is -1.52. The van der Waals surface area contributed by atoms with Crippen LogP contribution in [0.25, 0.3) is 10.9 Å². The summed E-state index contributed by atoms with van der Waals surface area (Å²) >= 11 is 0. The van der Waals surface area contributed by atoms with Gasteiger partial charge < -0.3 is 10.4 Å². The molecule has 1 heterocycles. The molecular weight excluding hydrogens is 377 g/mol. The topological polar surface area (TPSA) is 93.3 Å². The van der Waals surface area contributed by atoms with Crippen molar-refractivity contribution in [3.8, 4) is 0 Å². The number of nitrogens with zero attached hydrogens (tertiary/aromatic N) is 2. The number of hydrogen-bond donors (Lipinski definition) is 2. The van der Waals surface area contributed by atoms with Gasteiger partial charge in [-0.05, 0) is 45.2 Å². The number of fused-ring (bicyclic) bond motifs is 1. The molecule has 1 aliphatic carbocycles. The minimum absolute atomic E-state index is 0.0175. The number of anilines is 1. The van der Waals surface area contributed by atoms with Crippen molar-refractivity contribution in [2.45, 2.75) is 77.4 Å². The Balaban J connectivity index is 2.09. The predicted molar refractivity (Wildman–Crippen MR) is 110 cm³/mol. The van der Waals surface area contributed by atoms with Crippen molar-refractivity contribution >= 4 is 22.6 Å². The number of carboxylic acid groups (broad SMARTS) is 1. The summed E-state index contributed by atoms with van der Waals surface area (Å²) in [7, 11) is 0. The summed E-state index contributed by atoms with van der Waals surface area (Å²) in [5, 5.41) is 12.2. The van der Waals surface area contributed by atoms with Crippen LogP contribution < -0.4 is 16.6 Å². The highest BCUT2D eigenvalue weighted by Crippen LogP contribution is 2.26. The third-order valence-electron chi connectivity index (χ3n) is 5.51. The van der Waals surface area contributed by atoms with Crippen LogP contribution in [0.15, 0.2) is 21.7 Å². The van der Waals surface area contributed by atoms with Crippen molar-refractivity contribution in [1.82, 2.24) is 9.13 Å². The molecule has 1 aromatic heterocycles. The van der Waals surface area contributed by atoms with Gasteiger partial charge in [0.15, 0.2) is 0 Å². The van der Waals surface area contributed by atoms with E-state index < -0.39 is 23.0 Å². The highest BCUT2D eigenvalue weighted by molar-refractivity contribution is 5.82. The Labute approximate surface area is 168 Å². The van der Waals surface area contributed by atoms with Gasteiger partial charge in [0, 0.05) is 25.0 Å². The van der Waals surface area contributed by atoms with Crippen molar-refractivity contribution in [2.24, 2.45) is 0 Å². The number of rotatable bonds is 7. The van der Waals surface area contributed by atoms with Crippen molar-refractivity contribution in [3.63, 3.8) is 0 Å². The van der Waals surface area contributed by atoms with E-state index in [4.69, 9.17) is 5.11 Å². The molecule has 0 spiro atoms. The Morgan fingerprint density at radius 1 is 1.24 bits per heavy atom. The smallest absolute Gasteiger partial charge is 0.331 e. The predicted octanol–water partition coefficient (Wildman–Crippen LogP) is 3.49. The lowest BCUT2D eigenvalue weighted by molar-refractivity contribution is -0.137. The molecule has 2 aromatic rings. The second-order valence-electron chi connectivity index (χ2n) is 8.03. The van der Waals surface area contributed by atoms with Gasteiger partial charge in [0.2, 0.25) is 0 Å². The third kappa shape index (κ3) is 4.52. The maximum atomic E-state index is 14.8. The van der Waals surface area contributed by atoms with Crippen LogP contribution in [0.5, 0.6) is 0 Å². The van der Waals surface area contributed by atoms with Gasteiger partial charge in [-0.15, -0.1) is 0 Å². The molecule has 1 saturated carbocycles. The van der Waals surface area contributed by atoms with Crippen molar-refractivity contribution in [1.29, 1.82) is 0 Å². The highest BCUT2D eigenvalue weighted by atomic mass is 19.1. The maximum Gasteiger partial charge on any atom is 0.331 e. The van der Waals surface area contributed by atoms with Crippen LogP contribution in [-0.2, 0) is 11.3 Å². The summed E-state index contributed by atoms with van der Waals surface area (Å²) in [5.41, 5.74) is -0.390. The standard InChI is InChI=1S/C21H28FN3O4/c1-13(2)25-18-12-17(23-14-7-4-3-5-8-14)16(22)11-15(18)20(28)24(21(25)29)10-6-9-19(26)27/h11-14,23H,3-10H2,1-2H3,(H,26,27). The van der Waals surface area contributed by atoms with Crippen molar-refractivity contribution in [3.05, 3.63) is 38.8 Å². The van der Waals surface area contributed by atoms with E-state index in [2.05, 4.69) is 5.32 Å². The number of halogens is 1. The number of nitrogens with one attached hydrogen (secondary N) is 1. The molecule has 0 aliphatic heterocycles. The summed E-state index contributed by atoms with van der Waals surface area (Å²) in [6.45, 7) is 3.63. The first-order valence-corrected chi connectivity index (χ1v) is 10.3. The molecular formula is C21H28FN3O4. The number of carbonyl (C=O) groups is 1. The molecule has 29 heavy (non-hydrogen) atoms. The van der Waals surface area contributed by atoms with Crippen LogP contribution in [0.4, 0.5) is 10.1 Å². The third-order valence-corrected chi connectivity index (χ3v) is 5.51. The fourth-order valence-electron chi connectivity index (χ4n) is 4.06. The zero-order chi connectivity index (χ0) is 21.1. The van der Waals surface area contributed by atoms with Gasteiger partial charge in [0.25, 0.3) is 5.56 Å². The van der Waals surface area contributed by atoms with Gasteiger partial charge >= 0.3 is 11.7 Å². The zero-order valence-electron chi connectivity index (χ0n) is 16.9. The van der Waals surface area contributed by atoms with Gasteiger partial charge in [-0.2, -0.15) is 0 Å². The number of hydrogen-bond acceptors (Lipinski definition) is 4. The van der Waals surface area contributed by atoms with Crippen LogP contribution in [0, 0.1) is 5.82 Å². The second kappa shape index (κ2) is 8.80. The minimum atomic E-state index is -0.993. The van der Waals surface area contributed by atoms with E-state index in [1.54, 1.807) is 6.07 Å². The molecule has 0 saturated heterocycles. The van der Waals surface area contributed by atoms with E-state index in [1.165, 1.54) is 17.1 Å². The van der Waals surface area contributed by atoms with Crippen LogP contribution in [-0.4, -0.2) is 26.3 Å². The highest BCUT2D eigenvalue weighted by Gasteiger charge is 2.20. The molecule has 0 bridgehead atoms. The fraction of sp³-hybridized carbons (Fsp3) is 0.571. The van der Waals surface area contributed by atoms with Gasteiger partial charge in [0.1, 0.15) is 5.82 Å². The van der Waals surface area contributed by atoms with Crippen LogP contribution >= 0.6 is 0 Å². The molecule has 0 amide bonds. The molecule has 0 radical (unpaired) electrons. The molecule has 2 N–H and O–H groups in total. The normalized spacial score (nSPS) is 15.2. The molecule has 1 fully saturated rings. The molecule has 8 heteroatoms. The molecule has 7 nitrogen and oxygen atoms in total. The Kier molecular flexibility index (Phi) is 6.39. The molecule has 0 atom stereocenters.